The number of carboxylic acids is 1. The predicted molar refractivity (Wildman–Crippen MR) is 154 cm³/mol. The molecule has 9 nitrogen and oxygen atoms in total. The third-order valence-electron chi connectivity index (χ3n) is 7.89. The SMILES string of the molecule is COc1cc(CC(=O)O)ccc1OC1CCN(CC(O)(c2cn(Cc3ccncc3)c3cc(C#N)ccc23)C(F)(F)F)CC1. The van der Waals surface area contributed by atoms with Crippen molar-refractivity contribution < 1.29 is 37.7 Å². The summed E-state index contributed by atoms with van der Waals surface area (Å²) in [6, 6.07) is 14.8. The number of aliphatic carboxylic acids is 1. The number of nitriles is 1. The third-order valence-corrected chi connectivity index (χ3v) is 7.89. The molecule has 1 fully saturated rings. The lowest BCUT2D eigenvalue weighted by molar-refractivity contribution is -0.272. The number of aromatic nitrogens is 2. The van der Waals surface area contributed by atoms with Crippen LogP contribution in [0.1, 0.15) is 35.1 Å². The summed E-state index contributed by atoms with van der Waals surface area (Å²) in [5.41, 5.74) is -1.40. The Morgan fingerprint density at radius 1 is 1.07 bits per heavy atom. The number of fused-ring (bicyclic) bond motifs is 1. The van der Waals surface area contributed by atoms with Crippen molar-refractivity contribution in [1.82, 2.24) is 14.5 Å². The molecule has 2 aromatic heterocycles. The number of piperidine rings is 1. The van der Waals surface area contributed by atoms with Crippen LogP contribution >= 0.6 is 0 Å². The second kappa shape index (κ2) is 12.6. The van der Waals surface area contributed by atoms with Gasteiger partial charge in [0.05, 0.1) is 30.7 Å². The van der Waals surface area contributed by atoms with E-state index in [2.05, 4.69) is 4.98 Å². The number of pyridine rings is 1. The van der Waals surface area contributed by atoms with Crippen molar-refractivity contribution in [3.63, 3.8) is 0 Å². The number of likely N-dealkylation sites (tertiary alicyclic amines) is 1. The van der Waals surface area contributed by atoms with Gasteiger partial charge in [0.15, 0.2) is 11.5 Å². The smallest absolute Gasteiger partial charge is 0.422 e. The van der Waals surface area contributed by atoms with Gasteiger partial charge in [0.25, 0.3) is 0 Å². The lowest BCUT2D eigenvalue weighted by Gasteiger charge is -2.39. The van der Waals surface area contributed by atoms with Crippen LogP contribution in [-0.4, -0.2) is 69.7 Å². The first-order valence-corrected chi connectivity index (χ1v) is 14.0. The highest BCUT2D eigenvalue weighted by Gasteiger charge is 2.57. The number of alkyl halides is 3. The van der Waals surface area contributed by atoms with E-state index < -0.39 is 24.3 Å². The van der Waals surface area contributed by atoms with Crippen LogP contribution in [0.2, 0.25) is 0 Å². The van der Waals surface area contributed by atoms with E-state index >= 15 is 0 Å². The zero-order chi connectivity index (χ0) is 31.5. The summed E-state index contributed by atoms with van der Waals surface area (Å²) in [5, 5.41) is 30.2. The number of benzene rings is 2. The minimum absolute atomic E-state index is 0.168. The lowest BCUT2D eigenvalue weighted by Crippen LogP contribution is -2.53. The molecular formula is C32H31F3N4O5. The average molecular weight is 609 g/mol. The molecule has 0 amide bonds. The molecule has 2 N–H and O–H groups in total. The predicted octanol–water partition coefficient (Wildman–Crippen LogP) is 4.89. The first-order valence-electron chi connectivity index (χ1n) is 14.0. The Bertz CT molecular complexity index is 1680. The highest BCUT2D eigenvalue weighted by Crippen LogP contribution is 2.44. The number of hydrogen-bond donors (Lipinski definition) is 2. The topological polar surface area (TPSA) is 121 Å². The Labute approximate surface area is 251 Å². The van der Waals surface area contributed by atoms with Gasteiger partial charge in [-0.25, -0.2) is 0 Å². The van der Waals surface area contributed by atoms with Gasteiger partial charge in [0.2, 0.25) is 5.60 Å². The fourth-order valence-corrected chi connectivity index (χ4v) is 5.62. The van der Waals surface area contributed by atoms with Crippen LogP contribution in [0.5, 0.6) is 11.5 Å². The van der Waals surface area contributed by atoms with E-state index in [0.717, 1.165) is 5.56 Å². The average Bonchev–Trinajstić information content (AvgIpc) is 3.36. The number of ether oxygens (including phenoxy) is 2. The molecule has 0 aliphatic carbocycles. The Hall–Kier alpha value is -4.60. The molecule has 1 aliphatic rings. The summed E-state index contributed by atoms with van der Waals surface area (Å²) in [6.45, 7) is 0.0452. The quantitative estimate of drug-likeness (QED) is 0.261. The van der Waals surface area contributed by atoms with E-state index in [1.54, 1.807) is 52.2 Å². The summed E-state index contributed by atoms with van der Waals surface area (Å²) in [4.78, 5) is 16.6. The zero-order valence-corrected chi connectivity index (χ0v) is 23.9. The molecule has 1 atom stereocenters. The van der Waals surface area contributed by atoms with E-state index in [1.807, 2.05) is 6.07 Å². The molecule has 2 aromatic carbocycles. The van der Waals surface area contributed by atoms with Gasteiger partial charge in [-0.15, -0.1) is 0 Å². The van der Waals surface area contributed by atoms with Crippen LogP contribution in [0.4, 0.5) is 13.2 Å². The van der Waals surface area contributed by atoms with Crippen molar-refractivity contribution in [3.8, 4) is 17.6 Å². The first kappa shape index (κ1) is 30.8. The number of β-amino-alcohol motifs (C(OH)–C–C–N with tert-alkyl or cyclic N) is 1. The number of carboxylic acid groups (broad SMARTS) is 1. The van der Waals surface area contributed by atoms with Gasteiger partial charge in [0, 0.05) is 55.7 Å². The molecule has 0 bridgehead atoms. The zero-order valence-electron chi connectivity index (χ0n) is 23.9. The summed E-state index contributed by atoms with van der Waals surface area (Å²) in [7, 11) is 1.45. The molecule has 5 rings (SSSR count). The molecule has 0 radical (unpaired) electrons. The van der Waals surface area contributed by atoms with E-state index in [9.17, 15) is 28.3 Å². The first-order chi connectivity index (χ1) is 21.0. The molecule has 0 saturated carbocycles. The molecule has 4 aromatic rings. The molecule has 0 spiro atoms. The van der Waals surface area contributed by atoms with Crippen molar-refractivity contribution in [2.24, 2.45) is 0 Å². The number of halogens is 3. The molecule has 44 heavy (non-hydrogen) atoms. The van der Waals surface area contributed by atoms with Crippen LogP contribution in [-0.2, 0) is 23.4 Å². The maximum Gasteiger partial charge on any atom is 0.422 e. The van der Waals surface area contributed by atoms with Crippen molar-refractivity contribution in [1.29, 1.82) is 5.26 Å². The number of methoxy groups -OCH3 is 1. The summed E-state index contributed by atoms with van der Waals surface area (Å²) in [5.74, 6) is -0.178. The number of aliphatic hydroxyl groups is 1. The lowest BCUT2D eigenvalue weighted by atomic mass is 9.90. The van der Waals surface area contributed by atoms with Gasteiger partial charge in [-0.05, 0) is 60.4 Å². The second-order valence-electron chi connectivity index (χ2n) is 10.9. The van der Waals surface area contributed by atoms with Gasteiger partial charge in [-0.2, -0.15) is 18.4 Å². The van der Waals surface area contributed by atoms with Crippen LogP contribution in [0.25, 0.3) is 10.9 Å². The molecule has 1 unspecified atom stereocenters. The number of hydrogen-bond acceptors (Lipinski definition) is 7. The minimum atomic E-state index is -4.99. The second-order valence-corrected chi connectivity index (χ2v) is 10.9. The standard InChI is InChI=1S/C32H31F3N4O5/c1-43-29-15-22(16-30(40)41)3-5-28(29)44-24-8-12-38(13-9-24)20-31(42,32(33,34)35)26-19-39(18-21-6-10-37-11-7-21)27-14-23(17-36)2-4-25(26)27/h2-7,10-11,14-15,19,24,42H,8-9,12-13,16,18,20H2,1H3,(H,40,41). The monoisotopic (exact) mass is 608 g/mol. The Morgan fingerprint density at radius 3 is 2.43 bits per heavy atom. The highest BCUT2D eigenvalue weighted by atomic mass is 19.4. The third kappa shape index (κ3) is 6.49. The highest BCUT2D eigenvalue weighted by molar-refractivity contribution is 5.86. The van der Waals surface area contributed by atoms with Crippen molar-refractivity contribution in [3.05, 3.63) is 89.4 Å². The maximum atomic E-state index is 14.8. The van der Waals surface area contributed by atoms with Crippen molar-refractivity contribution in [2.45, 2.75) is 43.7 Å². The van der Waals surface area contributed by atoms with E-state index in [-0.39, 0.29) is 43.1 Å². The van der Waals surface area contributed by atoms with Gasteiger partial charge in [-0.3, -0.25) is 14.7 Å². The van der Waals surface area contributed by atoms with Crippen LogP contribution < -0.4 is 9.47 Å². The summed E-state index contributed by atoms with van der Waals surface area (Å²) < 4.78 is 57.4. The Kier molecular flexibility index (Phi) is 8.80. The number of rotatable bonds is 10. The van der Waals surface area contributed by atoms with E-state index in [4.69, 9.17) is 14.6 Å². The Morgan fingerprint density at radius 2 is 1.80 bits per heavy atom. The van der Waals surface area contributed by atoms with E-state index in [0.29, 0.717) is 41.0 Å². The number of nitrogens with zero attached hydrogens (tertiary/aromatic N) is 4. The van der Waals surface area contributed by atoms with E-state index in [1.165, 1.54) is 31.5 Å². The van der Waals surface area contributed by atoms with Gasteiger partial charge in [0.1, 0.15) is 6.10 Å². The minimum Gasteiger partial charge on any atom is -0.493 e. The van der Waals surface area contributed by atoms with Gasteiger partial charge < -0.3 is 24.3 Å². The molecule has 3 heterocycles. The molecule has 230 valence electrons. The van der Waals surface area contributed by atoms with Crippen molar-refractivity contribution in [2.75, 3.05) is 26.7 Å². The maximum absolute atomic E-state index is 14.8. The van der Waals surface area contributed by atoms with Crippen LogP contribution in [0.3, 0.4) is 0 Å². The van der Waals surface area contributed by atoms with Crippen molar-refractivity contribution >= 4 is 16.9 Å². The van der Waals surface area contributed by atoms with Gasteiger partial charge >= 0.3 is 12.1 Å². The Balaban J connectivity index is 1.36. The fraction of sp³-hybridized carbons (Fsp3) is 0.344. The molecular weight excluding hydrogens is 577 g/mol. The fourth-order valence-electron chi connectivity index (χ4n) is 5.62. The largest absolute Gasteiger partial charge is 0.493 e. The molecule has 12 heteroatoms. The molecule has 1 aliphatic heterocycles. The summed E-state index contributed by atoms with van der Waals surface area (Å²) in [6.07, 6.45) is -0.147. The van der Waals surface area contributed by atoms with Crippen LogP contribution in [0.15, 0.2) is 67.1 Å². The number of carbonyl (C=O) groups is 1. The normalized spacial score (nSPS) is 15.9. The summed E-state index contributed by atoms with van der Waals surface area (Å²) >= 11 is 0. The molecule has 1 saturated heterocycles. The van der Waals surface area contributed by atoms with Gasteiger partial charge in [-0.1, -0.05) is 12.1 Å². The van der Waals surface area contributed by atoms with Crippen LogP contribution in [0, 0.1) is 11.3 Å².